The Labute approximate surface area is 288 Å². The van der Waals surface area contributed by atoms with Crippen LogP contribution in [-0.2, 0) is 33.1 Å². The maximum absolute atomic E-state index is 16.3. The number of anilines is 1. The molecule has 0 aliphatic carbocycles. The van der Waals surface area contributed by atoms with Crippen LogP contribution in [0.1, 0.15) is 61.6 Å². The first-order valence-electron chi connectivity index (χ1n) is 15.8. The summed E-state index contributed by atoms with van der Waals surface area (Å²) in [6.07, 6.45) is -7.27. The number of alkyl carbamates (subject to hydrolysis) is 1. The quantitative estimate of drug-likeness (QED) is 0.125. The number of nitrogens with zero attached hydrogens (tertiary/aromatic N) is 2. The number of alkyl halides is 2. The number of nitrogens with two attached hydrogens (primary N) is 1. The number of halogens is 2. The average Bonchev–Trinajstić information content (AvgIpc) is 3.22. The molecular formula is C31H46F2N5O11P. The fraction of sp³-hybridized carbons (Fsp3) is 0.581. The normalized spacial score (nSPS) is 20.5. The third kappa shape index (κ3) is 11.0. The van der Waals surface area contributed by atoms with E-state index < -0.39 is 92.5 Å². The molecular weight excluding hydrogens is 687 g/mol. The predicted molar refractivity (Wildman–Crippen MR) is 177 cm³/mol. The number of hydrogen-bond acceptors (Lipinski definition) is 14. The second-order valence-electron chi connectivity index (χ2n) is 13.1. The molecule has 1 aromatic heterocycles. The molecule has 1 aromatic carbocycles. The van der Waals surface area contributed by atoms with Crippen LogP contribution in [0.25, 0.3) is 0 Å². The maximum atomic E-state index is 16.3. The number of carbonyl (C=O) groups is 3. The van der Waals surface area contributed by atoms with Crippen LogP contribution in [0.15, 0.2) is 47.4 Å². The van der Waals surface area contributed by atoms with E-state index in [1.165, 1.54) is 19.1 Å². The minimum atomic E-state index is -4.74. The fourth-order valence-electron chi connectivity index (χ4n) is 4.59. The number of hydrogen-bond donors (Lipinski definition) is 4. The molecule has 16 nitrogen and oxygen atoms in total. The summed E-state index contributed by atoms with van der Waals surface area (Å²) in [6, 6.07) is 6.25. The van der Waals surface area contributed by atoms with Crippen molar-refractivity contribution in [2.75, 3.05) is 12.3 Å². The zero-order valence-corrected chi connectivity index (χ0v) is 30.0. The SMILES string of the molecule is CC(C)OC(=O)[C@H](C)N[PH](O)(OC[C@H]1OC(n2ccc(N)nc2=O)C(F)(F)[C@@H]1OC(=O)[C@@H](NC(=O)OC(C)(C)C)C(C)C)Oc1ccccc1. The van der Waals surface area contributed by atoms with Crippen molar-refractivity contribution in [2.24, 2.45) is 5.92 Å². The van der Waals surface area contributed by atoms with Crippen molar-refractivity contribution in [2.45, 2.75) is 104 Å². The van der Waals surface area contributed by atoms with Crippen LogP contribution < -0.4 is 26.4 Å². The molecule has 0 bridgehead atoms. The van der Waals surface area contributed by atoms with Gasteiger partial charge in [-0.05, 0) is 0 Å². The average molecular weight is 734 g/mol. The van der Waals surface area contributed by atoms with Gasteiger partial charge in [0.1, 0.15) is 0 Å². The van der Waals surface area contributed by atoms with Crippen molar-refractivity contribution in [3.63, 3.8) is 0 Å². The molecule has 3 rings (SSSR count). The topological polar surface area (TPSA) is 212 Å². The van der Waals surface area contributed by atoms with E-state index in [0.29, 0.717) is 4.57 Å². The second kappa shape index (κ2) is 16.4. The molecule has 0 radical (unpaired) electrons. The number of esters is 2. The number of benzene rings is 1. The van der Waals surface area contributed by atoms with E-state index >= 15 is 8.78 Å². The molecule has 1 aliphatic rings. The number of ether oxygens (including phenoxy) is 4. The summed E-state index contributed by atoms with van der Waals surface area (Å²) in [6.45, 7) is 11.6. The van der Waals surface area contributed by atoms with Crippen LogP contribution in [0.5, 0.6) is 5.75 Å². The van der Waals surface area contributed by atoms with Crippen molar-refractivity contribution in [1.29, 1.82) is 0 Å². The van der Waals surface area contributed by atoms with Crippen LogP contribution in [0.2, 0.25) is 0 Å². The minimum absolute atomic E-state index is 0.101. The van der Waals surface area contributed by atoms with Crippen molar-refractivity contribution in [3.8, 4) is 5.75 Å². The van der Waals surface area contributed by atoms with Gasteiger partial charge in [-0.2, -0.15) is 0 Å². The van der Waals surface area contributed by atoms with E-state index in [9.17, 15) is 24.1 Å². The van der Waals surface area contributed by atoms with Crippen LogP contribution in [0, 0.1) is 5.92 Å². The molecule has 1 fully saturated rings. The van der Waals surface area contributed by atoms with Gasteiger partial charge in [0.25, 0.3) is 0 Å². The molecule has 19 heteroatoms. The van der Waals surface area contributed by atoms with Gasteiger partial charge in [0.15, 0.2) is 0 Å². The van der Waals surface area contributed by atoms with Gasteiger partial charge in [0, 0.05) is 0 Å². The van der Waals surface area contributed by atoms with Crippen molar-refractivity contribution in [3.05, 3.63) is 53.1 Å². The van der Waals surface area contributed by atoms with Gasteiger partial charge in [-0.25, -0.2) is 0 Å². The Morgan fingerprint density at radius 3 is 2.30 bits per heavy atom. The van der Waals surface area contributed by atoms with E-state index in [4.69, 9.17) is 33.7 Å². The summed E-state index contributed by atoms with van der Waals surface area (Å²) in [5.41, 5.74) is 3.41. The van der Waals surface area contributed by atoms with E-state index in [0.717, 1.165) is 12.3 Å². The molecule has 50 heavy (non-hydrogen) atoms. The number of amides is 1. The van der Waals surface area contributed by atoms with Gasteiger partial charge in [0.05, 0.1) is 0 Å². The first-order valence-corrected chi connectivity index (χ1v) is 17.5. The van der Waals surface area contributed by atoms with E-state index in [1.807, 2.05) is 0 Å². The number of nitrogens with one attached hydrogen (secondary N) is 2. The Morgan fingerprint density at radius 2 is 1.74 bits per heavy atom. The zero-order chi connectivity index (χ0) is 37.6. The van der Waals surface area contributed by atoms with Crippen molar-refractivity contribution >= 4 is 31.9 Å². The van der Waals surface area contributed by atoms with E-state index in [1.54, 1.807) is 66.7 Å². The van der Waals surface area contributed by atoms with Crippen LogP contribution >= 0.6 is 8.09 Å². The number of rotatable bonds is 14. The van der Waals surface area contributed by atoms with E-state index in [-0.39, 0.29) is 11.6 Å². The van der Waals surface area contributed by atoms with Gasteiger partial charge in [-0.15, -0.1) is 0 Å². The Balaban J connectivity index is 1.97. The Kier molecular flexibility index (Phi) is 13.3. The summed E-state index contributed by atoms with van der Waals surface area (Å²) in [5.74, 6) is -6.97. The molecule has 5 N–H and O–H groups in total. The van der Waals surface area contributed by atoms with Crippen LogP contribution in [0.4, 0.5) is 19.4 Å². The summed E-state index contributed by atoms with van der Waals surface area (Å²) in [7, 11) is -4.74. The summed E-state index contributed by atoms with van der Waals surface area (Å²) >= 11 is 0. The Morgan fingerprint density at radius 1 is 1.10 bits per heavy atom. The monoisotopic (exact) mass is 733 g/mol. The van der Waals surface area contributed by atoms with E-state index in [2.05, 4.69) is 15.4 Å². The number of carbonyl (C=O) groups excluding carboxylic acids is 3. The Hall–Kier alpha value is -3.96. The molecule has 5 atom stereocenters. The third-order valence-corrected chi connectivity index (χ3v) is 8.71. The Bertz CT molecular complexity index is 1540. The molecule has 2 heterocycles. The summed E-state index contributed by atoms with van der Waals surface area (Å²) in [4.78, 5) is 66.2. The molecule has 2 aromatic rings. The first-order chi connectivity index (χ1) is 23.1. The first kappa shape index (κ1) is 40.5. The molecule has 1 amide bonds. The standard InChI is InChI=1S/C31H46F2N5O11P/c1-17(2)23(36-29(42)48-30(6,7)8)26(40)47-24-21(46-27(31(24,32)33)38-15-14-22(34)35-28(38)41)16-44-50(43,49-20-12-10-9-11-13-20)37-19(5)25(39)45-18(3)4/h9-15,17-19,21,23-24,27,37,43,50H,16H2,1-8H3,(H,36,42)(H2,34,35,41)/t19-,21+,23-,24+,27?/m0/s1. The van der Waals surface area contributed by atoms with Gasteiger partial charge in [-0.3, -0.25) is 0 Å². The number of nitrogen functional groups attached to an aromatic ring is 1. The second-order valence-corrected chi connectivity index (χ2v) is 15.1. The summed E-state index contributed by atoms with van der Waals surface area (Å²) in [5, 5.41) is 4.90. The molecule has 1 aliphatic heterocycles. The molecule has 1 unspecified atom stereocenters. The number of aromatic nitrogens is 2. The van der Waals surface area contributed by atoms with Gasteiger partial charge in [0.2, 0.25) is 0 Å². The predicted octanol–water partition coefficient (Wildman–Crippen LogP) is 3.25. The van der Waals surface area contributed by atoms with Gasteiger partial charge < -0.3 is 0 Å². The fourth-order valence-corrected chi connectivity index (χ4v) is 6.31. The third-order valence-electron chi connectivity index (χ3n) is 6.84. The zero-order valence-electron chi connectivity index (χ0n) is 29.0. The molecule has 0 spiro atoms. The van der Waals surface area contributed by atoms with Crippen LogP contribution in [-0.4, -0.2) is 81.0 Å². The molecule has 1 saturated heterocycles. The number of para-hydroxylation sites is 1. The van der Waals surface area contributed by atoms with Gasteiger partial charge in [-0.1, -0.05) is 0 Å². The van der Waals surface area contributed by atoms with Gasteiger partial charge >= 0.3 is 289 Å². The van der Waals surface area contributed by atoms with Crippen molar-refractivity contribution in [1.82, 2.24) is 20.0 Å². The molecule has 0 saturated carbocycles. The molecule has 280 valence electrons. The van der Waals surface area contributed by atoms with Crippen molar-refractivity contribution < 1.29 is 56.1 Å². The summed E-state index contributed by atoms with van der Waals surface area (Å²) < 4.78 is 65.7. The van der Waals surface area contributed by atoms with Crippen LogP contribution in [0.3, 0.4) is 0 Å².